The molecule has 0 aliphatic heterocycles. The minimum Gasteiger partial charge on any atom is -0.394 e. The van der Waals surface area contributed by atoms with Crippen LogP contribution in [0.15, 0.2) is 24.3 Å². The maximum Gasteiger partial charge on any atom is 0.0884 e. The van der Waals surface area contributed by atoms with Crippen molar-refractivity contribution in [2.45, 2.75) is 25.6 Å². The Hall–Kier alpha value is -1.47. The van der Waals surface area contributed by atoms with E-state index < -0.39 is 5.54 Å². The molecule has 0 atom stereocenters. The molecule has 0 saturated carbocycles. The standard InChI is InChI=1S/C14H21N3O3/c1-2-17-13-6-4-3-5-11(13)12(16-17)7-15-14(8-18,9-19)10-20/h3-6,15,18-20H,2,7-10H2,1H3. The van der Waals surface area contributed by atoms with Crippen molar-refractivity contribution in [1.29, 1.82) is 0 Å². The van der Waals surface area contributed by atoms with Crippen LogP contribution in [0, 0.1) is 0 Å². The fraction of sp³-hybridized carbons (Fsp3) is 0.500. The predicted molar refractivity (Wildman–Crippen MR) is 76.2 cm³/mol. The molecule has 4 N–H and O–H groups in total. The summed E-state index contributed by atoms with van der Waals surface area (Å²) in [5.74, 6) is 0. The van der Waals surface area contributed by atoms with Crippen molar-refractivity contribution in [2.75, 3.05) is 19.8 Å². The minimum atomic E-state index is -1.09. The van der Waals surface area contributed by atoms with Crippen molar-refractivity contribution in [1.82, 2.24) is 15.1 Å². The number of hydrogen-bond donors (Lipinski definition) is 4. The molecule has 0 bridgehead atoms. The van der Waals surface area contributed by atoms with Crippen LogP contribution in [0.2, 0.25) is 0 Å². The van der Waals surface area contributed by atoms with E-state index in [1.54, 1.807) is 0 Å². The molecule has 1 aromatic carbocycles. The van der Waals surface area contributed by atoms with Gasteiger partial charge in [-0.15, -0.1) is 0 Å². The molecular weight excluding hydrogens is 258 g/mol. The summed E-state index contributed by atoms with van der Waals surface area (Å²) >= 11 is 0. The summed E-state index contributed by atoms with van der Waals surface area (Å²) in [6, 6.07) is 7.91. The molecule has 1 heterocycles. The average Bonchev–Trinajstić information content (AvgIpc) is 2.88. The molecule has 0 spiro atoms. The van der Waals surface area contributed by atoms with Crippen molar-refractivity contribution in [2.24, 2.45) is 0 Å². The van der Waals surface area contributed by atoms with Gasteiger partial charge in [0.25, 0.3) is 0 Å². The largest absolute Gasteiger partial charge is 0.394 e. The molecule has 0 amide bonds. The van der Waals surface area contributed by atoms with Crippen LogP contribution < -0.4 is 5.32 Å². The van der Waals surface area contributed by atoms with Gasteiger partial charge in [-0.1, -0.05) is 18.2 Å². The van der Waals surface area contributed by atoms with Crippen molar-refractivity contribution in [3.05, 3.63) is 30.0 Å². The fourth-order valence-corrected chi connectivity index (χ4v) is 2.16. The minimum absolute atomic E-state index is 0.341. The summed E-state index contributed by atoms with van der Waals surface area (Å²) in [7, 11) is 0. The van der Waals surface area contributed by atoms with E-state index in [0.717, 1.165) is 23.1 Å². The van der Waals surface area contributed by atoms with E-state index in [9.17, 15) is 15.3 Å². The van der Waals surface area contributed by atoms with Gasteiger partial charge in [-0.3, -0.25) is 10.00 Å². The smallest absolute Gasteiger partial charge is 0.0884 e. The number of fused-ring (bicyclic) bond motifs is 1. The first kappa shape index (κ1) is 14.9. The zero-order valence-electron chi connectivity index (χ0n) is 11.6. The Kier molecular flexibility index (Phi) is 4.72. The van der Waals surface area contributed by atoms with Crippen LogP contribution in [0.3, 0.4) is 0 Å². The number of hydrogen-bond acceptors (Lipinski definition) is 5. The van der Waals surface area contributed by atoms with E-state index >= 15 is 0 Å². The molecule has 6 nitrogen and oxygen atoms in total. The van der Waals surface area contributed by atoms with Crippen molar-refractivity contribution < 1.29 is 15.3 Å². The fourth-order valence-electron chi connectivity index (χ4n) is 2.16. The highest BCUT2D eigenvalue weighted by Crippen LogP contribution is 2.19. The van der Waals surface area contributed by atoms with Gasteiger partial charge in [0.2, 0.25) is 0 Å². The number of rotatable bonds is 7. The van der Waals surface area contributed by atoms with Crippen LogP contribution in [-0.2, 0) is 13.1 Å². The van der Waals surface area contributed by atoms with Gasteiger partial charge in [0.15, 0.2) is 0 Å². The molecule has 1 aromatic heterocycles. The highest BCUT2D eigenvalue weighted by Gasteiger charge is 2.27. The number of nitrogens with zero attached hydrogens (tertiary/aromatic N) is 2. The predicted octanol–water partition coefficient (Wildman–Crippen LogP) is -0.138. The number of aliphatic hydroxyl groups is 3. The first-order valence-corrected chi connectivity index (χ1v) is 6.71. The molecule has 0 fully saturated rings. The van der Waals surface area contributed by atoms with Gasteiger partial charge in [0.1, 0.15) is 0 Å². The van der Waals surface area contributed by atoms with Crippen LogP contribution in [-0.4, -0.2) is 50.5 Å². The number of aryl methyl sites for hydroxylation is 1. The highest BCUT2D eigenvalue weighted by atomic mass is 16.3. The highest BCUT2D eigenvalue weighted by molar-refractivity contribution is 5.81. The van der Waals surface area contributed by atoms with Gasteiger partial charge in [-0.05, 0) is 13.0 Å². The van der Waals surface area contributed by atoms with Crippen molar-refractivity contribution in [3.63, 3.8) is 0 Å². The molecule has 0 saturated heterocycles. The van der Waals surface area contributed by atoms with Gasteiger partial charge in [0, 0.05) is 18.5 Å². The third-order valence-corrected chi connectivity index (χ3v) is 3.57. The lowest BCUT2D eigenvalue weighted by molar-refractivity contribution is 0.0412. The lowest BCUT2D eigenvalue weighted by atomic mass is 10.0. The van der Waals surface area contributed by atoms with E-state index in [4.69, 9.17) is 0 Å². The summed E-state index contributed by atoms with van der Waals surface area (Å²) in [4.78, 5) is 0. The van der Waals surface area contributed by atoms with Crippen LogP contribution in [0.25, 0.3) is 10.9 Å². The monoisotopic (exact) mass is 279 g/mol. The Bertz CT molecular complexity index is 556. The second-order valence-corrected chi connectivity index (χ2v) is 4.89. The van der Waals surface area contributed by atoms with E-state index in [-0.39, 0.29) is 19.8 Å². The Morgan fingerprint density at radius 2 is 1.80 bits per heavy atom. The second kappa shape index (κ2) is 6.32. The van der Waals surface area contributed by atoms with Gasteiger partial charge in [-0.2, -0.15) is 5.10 Å². The normalized spacial score (nSPS) is 12.2. The van der Waals surface area contributed by atoms with Crippen LogP contribution in [0.5, 0.6) is 0 Å². The van der Waals surface area contributed by atoms with Crippen LogP contribution >= 0.6 is 0 Å². The quantitative estimate of drug-likeness (QED) is 0.566. The van der Waals surface area contributed by atoms with Gasteiger partial charge >= 0.3 is 0 Å². The average molecular weight is 279 g/mol. The second-order valence-electron chi connectivity index (χ2n) is 4.89. The number of para-hydroxylation sites is 1. The molecular formula is C14H21N3O3. The van der Waals surface area contributed by atoms with Gasteiger partial charge in [-0.25, -0.2) is 0 Å². The topological polar surface area (TPSA) is 90.5 Å². The molecule has 0 aliphatic rings. The number of benzene rings is 1. The molecule has 6 heteroatoms. The summed E-state index contributed by atoms with van der Waals surface area (Å²) in [5, 5.41) is 36.5. The Morgan fingerprint density at radius 3 is 2.40 bits per heavy atom. The molecule has 2 aromatic rings. The molecule has 0 aliphatic carbocycles. The van der Waals surface area contributed by atoms with Crippen LogP contribution in [0.1, 0.15) is 12.6 Å². The Balaban J connectivity index is 2.26. The van der Waals surface area contributed by atoms with Gasteiger partial charge in [0.05, 0.1) is 36.6 Å². The van der Waals surface area contributed by atoms with E-state index in [1.165, 1.54) is 0 Å². The molecule has 0 radical (unpaired) electrons. The summed E-state index contributed by atoms with van der Waals surface area (Å²) in [5.41, 5.74) is 0.800. The van der Waals surface area contributed by atoms with E-state index in [2.05, 4.69) is 10.4 Å². The maximum absolute atomic E-state index is 9.31. The lowest BCUT2D eigenvalue weighted by Crippen LogP contribution is -2.54. The van der Waals surface area contributed by atoms with E-state index in [0.29, 0.717) is 6.54 Å². The van der Waals surface area contributed by atoms with Crippen molar-refractivity contribution in [3.8, 4) is 0 Å². The first-order valence-electron chi connectivity index (χ1n) is 6.71. The van der Waals surface area contributed by atoms with Gasteiger partial charge < -0.3 is 15.3 Å². The maximum atomic E-state index is 9.31. The Morgan fingerprint density at radius 1 is 1.15 bits per heavy atom. The third-order valence-electron chi connectivity index (χ3n) is 3.57. The third kappa shape index (κ3) is 2.69. The van der Waals surface area contributed by atoms with Crippen molar-refractivity contribution >= 4 is 10.9 Å². The molecule has 0 unspecified atom stereocenters. The zero-order chi connectivity index (χ0) is 14.6. The number of aliphatic hydroxyl groups excluding tert-OH is 3. The molecule has 20 heavy (non-hydrogen) atoms. The summed E-state index contributed by atoms with van der Waals surface area (Å²) < 4.78 is 1.91. The zero-order valence-corrected chi connectivity index (χ0v) is 11.6. The first-order chi connectivity index (χ1) is 9.69. The Labute approximate surface area is 117 Å². The summed E-state index contributed by atoms with van der Waals surface area (Å²) in [6.07, 6.45) is 0. The van der Waals surface area contributed by atoms with E-state index in [1.807, 2.05) is 35.9 Å². The number of aromatic nitrogens is 2. The van der Waals surface area contributed by atoms with Crippen LogP contribution in [0.4, 0.5) is 0 Å². The lowest BCUT2D eigenvalue weighted by Gasteiger charge is -2.28. The SMILES string of the molecule is CCn1nc(CNC(CO)(CO)CO)c2ccccc21. The summed E-state index contributed by atoms with van der Waals surface area (Å²) in [6.45, 7) is 2.14. The molecule has 110 valence electrons. The molecule has 2 rings (SSSR count). The number of nitrogens with one attached hydrogen (secondary N) is 1.